The molecule has 1 heterocycles. The highest BCUT2D eigenvalue weighted by Crippen LogP contribution is 2.47. The third-order valence-electron chi connectivity index (χ3n) is 5.83. The number of carbonyl (C=O) groups is 1. The summed E-state index contributed by atoms with van der Waals surface area (Å²) in [4.78, 5) is 14.0. The van der Waals surface area contributed by atoms with Gasteiger partial charge in [0.25, 0.3) is 0 Å². The third-order valence-corrected chi connectivity index (χ3v) is 6.77. The summed E-state index contributed by atoms with van der Waals surface area (Å²) in [5.41, 5.74) is 1.24. The summed E-state index contributed by atoms with van der Waals surface area (Å²) in [6.45, 7) is 2.98. The zero-order valence-corrected chi connectivity index (χ0v) is 17.9. The normalized spacial score (nSPS) is 29.3. The summed E-state index contributed by atoms with van der Waals surface area (Å²) in [5, 5.41) is 3.45. The Hall–Kier alpha value is -1.12. The Morgan fingerprint density at radius 3 is 2.73 bits per heavy atom. The van der Waals surface area contributed by atoms with Gasteiger partial charge in [-0.2, -0.15) is 0 Å². The van der Waals surface area contributed by atoms with Crippen LogP contribution in [0.5, 0.6) is 11.5 Å². The van der Waals surface area contributed by atoms with Gasteiger partial charge in [0.15, 0.2) is 11.5 Å². The van der Waals surface area contributed by atoms with E-state index in [1.54, 1.807) is 14.2 Å². The molecule has 0 amide bonds. The minimum atomic E-state index is -0.134. The smallest absolute Gasteiger partial charge is 0.208 e. The van der Waals surface area contributed by atoms with E-state index in [9.17, 15) is 4.79 Å². The van der Waals surface area contributed by atoms with Crippen molar-refractivity contribution in [1.29, 1.82) is 0 Å². The molecular weight excluding hydrogens is 443 g/mol. The fourth-order valence-electron chi connectivity index (χ4n) is 4.34. The van der Waals surface area contributed by atoms with Crippen molar-refractivity contribution in [3.05, 3.63) is 35.9 Å². The average Bonchev–Trinajstić information content (AvgIpc) is 2.98. The minimum absolute atomic E-state index is 0.0238. The third kappa shape index (κ3) is 3.51. The number of hydrogen-bond acceptors (Lipinski definition) is 5. The molecule has 1 saturated heterocycles. The van der Waals surface area contributed by atoms with E-state index in [4.69, 9.17) is 9.47 Å². The molecule has 0 saturated carbocycles. The molecule has 3 rings (SSSR count). The van der Waals surface area contributed by atoms with Crippen molar-refractivity contribution >= 4 is 26.4 Å². The van der Waals surface area contributed by atoms with E-state index in [1.165, 1.54) is 5.56 Å². The van der Waals surface area contributed by atoms with Gasteiger partial charge in [-0.1, -0.05) is 18.2 Å². The highest BCUT2D eigenvalue weighted by atomic mass is 127. The summed E-state index contributed by atoms with van der Waals surface area (Å²) in [5.74, 6) is 1.52. The zero-order chi connectivity index (χ0) is 18.9. The molecule has 142 valence electrons. The maximum Gasteiger partial charge on any atom is 0.208 e. The number of nitrogens with one attached hydrogen (secondary N) is 1. The van der Waals surface area contributed by atoms with E-state index in [-0.39, 0.29) is 21.3 Å². The predicted molar refractivity (Wildman–Crippen MR) is 111 cm³/mol. The average molecular weight is 470 g/mol. The number of nitrogens with zero attached hydrogens (tertiary/aromatic N) is 1. The molecule has 1 N–H and O–H groups in total. The second kappa shape index (κ2) is 7.86. The lowest BCUT2D eigenvalue weighted by molar-refractivity contribution is -0.111. The van der Waals surface area contributed by atoms with Crippen LogP contribution in [0.15, 0.2) is 30.4 Å². The molecule has 1 aromatic carbocycles. The lowest BCUT2D eigenvalue weighted by Gasteiger charge is -2.41. The van der Waals surface area contributed by atoms with Gasteiger partial charge in [-0.25, -0.2) is 0 Å². The van der Waals surface area contributed by atoms with E-state index in [0.717, 1.165) is 30.9 Å². The molecule has 1 aliphatic heterocycles. The number of likely N-dealkylation sites (N-methyl/N-ethyl adjacent to an activating group) is 1. The number of carbonyl (C=O) groups excluding carboxylic acids is 1. The molecule has 1 fully saturated rings. The van der Waals surface area contributed by atoms with Crippen LogP contribution in [0.4, 0.5) is 0 Å². The van der Waals surface area contributed by atoms with E-state index < -0.39 is 0 Å². The maximum atomic E-state index is 11.6. The molecule has 0 spiro atoms. The van der Waals surface area contributed by atoms with Crippen LogP contribution in [-0.4, -0.2) is 54.6 Å². The molecular formula is C20H27IN2O3. The van der Waals surface area contributed by atoms with Gasteiger partial charge in [0.05, 0.1) is 20.3 Å². The van der Waals surface area contributed by atoms with E-state index in [2.05, 4.69) is 41.5 Å². The molecule has 0 radical (unpaired) electrons. The Labute approximate surface area is 169 Å². The lowest BCUT2D eigenvalue weighted by Crippen LogP contribution is -2.50. The Morgan fingerprint density at radius 1 is 1.35 bits per heavy atom. The Kier molecular flexibility index (Phi) is 5.94. The molecule has 4 atom stereocenters. The second-order valence-corrected chi connectivity index (χ2v) is 8.31. The quantitative estimate of drug-likeness (QED) is 0.394. The van der Waals surface area contributed by atoms with Crippen molar-refractivity contribution in [2.24, 2.45) is 0 Å². The SMILES string of the molecule is COc1ccc([C@@]23C=CC(NC(C)C(=O)I)C[C@@H]2N(C)CC3)cc1OC. The number of ether oxygens (including phenoxy) is 2. The molecule has 1 aromatic rings. The zero-order valence-electron chi connectivity index (χ0n) is 15.8. The molecule has 1 aliphatic carbocycles. The van der Waals surface area contributed by atoms with Crippen LogP contribution in [0.3, 0.4) is 0 Å². The number of hydrogen-bond donors (Lipinski definition) is 1. The number of benzene rings is 1. The van der Waals surface area contributed by atoms with Crippen molar-refractivity contribution in [2.45, 2.75) is 43.3 Å². The summed E-state index contributed by atoms with van der Waals surface area (Å²) in [6.07, 6.45) is 6.64. The van der Waals surface area contributed by atoms with Crippen molar-refractivity contribution in [3.63, 3.8) is 0 Å². The van der Waals surface area contributed by atoms with Crippen LogP contribution in [0.2, 0.25) is 0 Å². The number of halogens is 1. The maximum absolute atomic E-state index is 11.6. The summed E-state index contributed by atoms with van der Waals surface area (Å²) >= 11 is 1.86. The molecule has 5 nitrogen and oxygen atoms in total. The van der Waals surface area contributed by atoms with E-state index >= 15 is 0 Å². The van der Waals surface area contributed by atoms with Gasteiger partial charge >= 0.3 is 0 Å². The molecule has 0 bridgehead atoms. The standard InChI is InChI=1S/C20H27IN2O3/c1-13(19(21)24)22-15-7-8-20(9-10-23(2)18(20)12-15)14-5-6-16(25-3)17(11-14)26-4/h5-8,11,13,15,18,22H,9-10,12H2,1-4H3/t13?,15?,18-,20-/m0/s1. The van der Waals surface area contributed by atoms with Crippen molar-refractivity contribution in [1.82, 2.24) is 10.2 Å². The van der Waals surface area contributed by atoms with Gasteiger partial charge in [-0.15, -0.1) is 0 Å². The Morgan fingerprint density at radius 2 is 2.08 bits per heavy atom. The van der Waals surface area contributed by atoms with Crippen molar-refractivity contribution in [2.75, 3.05) is 27.8 Å². The predicted octanol–water partition coefficient (Wildman–Crippen LogP) is 2.91. The molecule has 6 heteroatoms. The monoisotopic (exact) mass is 470 g/mol. The first-order valence-corrected chi connectivity index (χ1v) is 10.1. The van der Waals surface area contributed by atoms with Crippen LogP contribution in [0.25, 0.3) is 0 Å². The molecule has 0 aromatic heterocycles. The Balaban J connectivity index is 1.93. The van der Waals surface area contributed by atoms with Gasteiger partial charge in [-0.3, -0.25) is 4.79 Å². The summed E-state index contributed by atoms with van der Waals surface area (Å²) < 4.78 is 11.1. The van der Waals surface area contributed by atoms with Crippen molar-refractivity contribution in [3.8, 4) is 11.5 Å². The van der Waals surface area contributed by atoms with Gasteiger partial charge < -0.3 is 19.7 Å². The van der Waals surface area contributed by atoms with Gasteiger partial charge in [0, 0.05) is 40.1 Å². The van der Waals surface area contributed by atoms with Gasteiger partial charge in [-0.05, 0) is 51.1 Å². The number of rotatable bonds is 6. The highest BCUT2D eigenvalue weighted by Gasteiger charge is 2.48. The second-order valence-electron chi connectivity index (χ2n) is 7.25. The molecule has 2 aliphatic rings. The van der Waals surface area contributed by atoms with Gasteiger partial charge in [0.2, 0.25) is 3.79 Å². The van der Waals surface area contributed by atoms with Crippen LogP contribution in [-0.2, 0) is 10.2 Å². The Bertz CT molecular complexity index is 708. The van der Waals surface area contributed by atoms with E-state index in [1.807, 2.05) is 35.6 Å². The van der Waals surface area contributed by atoms with Crippen LogP contribution >= 0.6 is 22.6 Å². The first-order chi connectivity index (χ1) is 12.4. The van der Waals surface area contributed by atoms with Crippen molar-refractivity contribution < 1.29 is 14.3 Å². The fraction of sp³-hybridized carbons (Fsp3) is 0.550. The van der Waals surface area contributed by atoms with Crippen LogP contribution < -0.4 is 14.8 Å². The minimum Gasteiger partial charge on any atom is -0.493 e. The van der Waals surface area contributed by atoms with Crippen LogP contribution in [0, 0.1) is 0 Å². The topological polar surface area (TPSA) is 50.8 Å². The molecule has 26 heavy (non-hydrogen) atoms. The van der Waals surface area contributed by atoms with Crippen LogP contribution in [0.1, 0.15) is 25.3 Å². The first-order valence-electron chi connectivity index (χ1n) is 8.98. The number of likely N-dealkylation sites (tertiary alicyclic amines) is 1. The largest absolute Gasteiger partial charge is 0.493 e. The van der Waals surface area contributed by atoms with E-state index in [0.29, 0.717) is 6.04 Å². The first kappa shape index (κ1) is 19.6. The summed E-state index contributed by atoms with van der Waals surface area (Å²) in [6, 6.07) is 6.73. The highest BCUT2D eigenvalue weighted by molar-refractivity contribution is 14.1. The summed E-state index contributed by atoms with van der Waals surface area (Å²) in [7, 11) is 5.53. The van der Waals surface area contributed by atoms with Gasteiger partial charge in [0.1, 0.15) is 0 Å². The lowest BCUT2D eigenvalue weighted by atomic mass is 9.69. The number of fused-ring (bicyclic) bond motifs is 1. The number of methoxy groups -OCH3 is 2. The molecule has 2 unspecified atom stereocenters. The fourth-order valence-corrected chi connectivity index (χ4v) is 4.52.